The van der Waals surface area contributed by atoms with E-state index in [2.05, 4.69) is 42.8 Å². The molecule has 0 aromatic heterocycles. The molecule has 1 rings (SSSR count). The van der Waals surface area contributed by atoms with Crippen LogP contribution in [0, 0.1) is 5.41 Å². The highest BCUT2D eigenvalue weighted by Crippen LogP contribution is 2.16. The number of hydrogen-bond donors (Lipinski definition) is 2. The molecule has 1 aliphatic rings. The van der Waals surface area contributed by atoms with Gasteiger partial charge >= 0.3 is 0 Å². The lowest BCUT2D eigenvalue weighted by atomic mass is 9.92. The highest BCUT2D eigenvalue weighted by atomic mass is 16.3. The van der Waals surface area contributed by atoms with Crippen LogP contribution in [0.5, 0.6) is 0 Å². The van der Waals surface area contributed by atoms with E-state index in [1.54, 1.807) is 0 Å². The molecule has 1 saturated heterocycles. The summed E-state index contributed by atoms with van der Waals surface area (Å²) in [7, 11) is 0. The minimum atomic E-state index is 0.127. The molecule has 1 aliphatic heterocycles. The molecule has 0 aromatic carbocycles. The number of rotatable bonds is 7. The highest BCUT2D eigenvalue weighted by molar-refractivity contribution is 5.77. The molecular weight excluding hydrogens is 266 g/mol. The fraction of sp³-hybridized carbons (Fsp3) is 0.938. The predicted molar refractivity (Wildman–Crippen MR) is 86.3 cm³/mol. The molecule has 0 radical (unpaired) electrons. The Morgan fingerprint density at radius 2 is 1.86 bits per heavy atom. The maximum atomic E-state index is 11.9. The van der Waals surface area contributed by atoms with E-state index in [9.17, 15) is 9.90 Å². The van der Waals surface area contributed by atoms with Gasteiger partial charge in [0, 0.05) is 38.8 Å². The quantitative estimate of drug-likeness (QED) is 0.734. The van der Waals surface area contributed by atoms with Gasteiger partial charge in [0.25, 0.3) is 0 Å². The average molecular weight is 299 g/mol. The zero-order valence-corrected chi connectivity index (χ0v) is 14.2. The van der Waals surface area contributed by atoms with Gasteiger partial charge in [-0.25, -0.2) is 0 Å². The Labute approximate surface area is 129 Å². The maximum Gasteiger partial charge on any atom is 0.234 e. The number of nitrogens with zero attached hydrogens (tertiary/aromatic N) is 2. The van der Waals surface area contributed by atoms with Crippen molar-refractivity contribution in [1.29, 1.82) is 0 Å². The molecular formula is C16H33N3O2. The molecule has 0 aromatic rings. The van der Waals surface area contributed by atoms with Crippen molar-refractivity contribution in [3.05, 3.63) is 0 Å². The van der Waals surface area contributed by atoms with E-state index in [4.69, 9.17) is 0 Å². The van der Waals surface area contributed by atoms with E-state index in [1.807, 2.05) is 0 Å². The molecule has 21 heavy (non-hydrogen) atoms. The van der Waals surface area contributed by atoms with E-state index < -0.39 is 0 Å². The molecule has 1 atom stereocenters. The summed E-state index contributed by atoms with van der Waals surface area (Å²) in [6, 6.07) is 0.271. The average Bonchev–Trinajstić information content (AvgIpc) is 2.40. The predicted octanol–water partition coefficient (Wildman–Crippen LogP) is 0.927. The fourth-order valence-electron chi connectivity index (χ4n) is 2.63. The summed E-state index contributed by atoms with van der Waals surface area (Å²) < 4.78 is 0. The number of hydrogen-bond acceptors (Lipinski definition) is 4. The van der Waals surface area contributed by atoms with Crippen molar-refractivity contribution >= 4 is 5.91 Å². The smallest absolute Gasteiger partial charge is 0.234 e. The van der Waals surface area contributed by atoms with Crippen molar-refractivity contribution in [2.24, 2.45) is 5.41 Å². The Morgan fingerprint density at radius 1 is 1.24 bits per heavy atom. The summed E-state index contributed by atoms with van der Waals surface area (Å²) >= 11 is 0. The normalized spacial score (nSPS) is 19.5. The summed E-state index contributed by atoms with van der Waals surface area (Å²) in [5, 5.41) is 12.3. The number of nitrogens with one attached hydrogen (secondary N) is 1. The number of carbonyl (C=O) groups excluding carboxylic acids is 1. The molecule has 5 heteroatoms. The van der Waals surface area contributed by atoms with Crippen LogP contribution in [0.25, 0.3) is 0 Å². The topological polar surface area (TPSA) is 55.8 Å². The molecule has 0 aliphatic carbocycles. The van der Waals surface area contributed by atoms with Gasteiger partial charge in [-0.2, -0.15) is 0 Å². The molecule has 0 bridgehead atoms. The van der Waals surface area contributed by atoms with E-state index in [0.29, 0.717) is 6.54 Å². The molecule has 124 valence electrons. The van der Waals surface area contributed by atoms with Gasteiger partial charge in [0.2, 0.25) is 5.91 Å². The highest BCUT2D eigenvalue weighted by Gasteiger charge is 2.23. The second-order valence-corrected chi connectivity index (χ2v) is 7.22. The lowest BCUT2D eigenvalue weighted by molar-refractivity contribution is -0.122. The fourth-order valence-corrected chi connectivity index (χ4v) is 2.63. The van der Waals surface area contributed by atoms with Crippen molar-refractivity contribution in [2.75, 3.05) is 45.9 Å². The monoisotopic (exact) mass is 299 g/mol. The third kappa shape index (κ3) is 7.25. The first-order valence-corrected chi connectivity index (χ1v) is 8.19. The summed E-state index contributed by atoms with van der Waals surface area (Å²) in [5.74, 6) is 0.127. The Balaban J connectivity index is 2.21. The van der Waals surface area contributed by atoms with Gasteiger partial charge in [0.1, 0.15) is 0 Å². The largest absolute Gasteiger partial charge is 0.395 e. The summed E-state index contributed by atoms with van der Waals surface area (Å²) in [6.45, 7) is 13.8. The number of aliphatic hydroxyl groups is 1. The van der Waals surface area contributed by atoms with Crippen molar-refractivity contribution < 1.29 is 9.90 Å². The second kappa shape index (κ2) is 8.71. The van der Waals surface area contributed by atoms with E-state index in [-0.39, 0.29) is 24.0 Å². The lowest BCUT2D eigenvalue weighted by Crippen LogP contribution is -2.53. The molecule has 1 fully saturated rings. The van der Waals surface area contributed by atoms with Crippen molar-refractivity contribution in [3.63, 3.8) is 0 Å². The van der Waals surface area contributed by atoms with Crippen molar-refractivity contribution in [1.82, 2.24) is 15.1 Å². The van der Waals surface area contributed by atoms with Gasteiger partial charge in [-0.05, 0) is 18.3 Å². The van der Waals surface area contributed by atoms with Crippen LogP contribution in [0.4, 0.5) is 0 Å². The van der Waals surface area contributed by atoms with Gasteiger partial charge in [-0.1, -0.05) is 27.7 Å². The number of piperazine rings is 1. The molecule has 0 saturated carbocycles. The van der Waals surface area contributed by atoms with Crippen LogP contribution in [0.1, 0.15) is 40.5 Å². The first-order valence-electron chi connectivity index (χ1n) is 8.19. The van der Waals surface area contributed by atoms with Crippen molar-refractivity contribution in [2.45, 2.75) is 46.6 Å². The van der Waals surface area contributed by atoms with Crippen LogP contribution < -0.4 is 5.32 Å². The lowest BCUT2D eigenvalue weighted by Gasteiger charge is -2.38. The summed E-state index contributed by atoms with van der Waals surface area (Å²) in [4.78, 5) is 16.4. The summed E-state index contributed by atoms with van der Waals surface area (Å²) in [6.07, 6.45) is 1.98. The van der Waals surface area contributed by atoms with Crippen LogP contribution in [0.3, 0.4) is 0 Å². The minimum Gasteiger partial charge on any atom is -0.395 e. The minimum absolute atomic E-state index is 0.127. The van der Waals surface area contributed by atoms with Gasteiger partial charge in [-0.3, -0.25) is 14.6 Å². The zero-order chi connectivity index (χ0) is 15.9. The summed E-state index contributed by atoms with van der Waals surface area (Å²) in [5.41, 5.74) is 0.262. The Hall–Kier alpha value is -0.650. The van der Waals surface area contributed by atoms with Gasteiger partial charge in [-0.15, -0.1) is 0 Å². The van der Waals surface area contributed by atoms with Crippen LogP contribution in [-0.2, 0) is 4.79 Å². The number of aliphatic hydroxyl groups excluding tert-OH is 1. The standard InChI is InChI=1S/C16H33N3O2/c1-5-14(13-20)19-10-8-18(9-11-19)12-15(21)17-7-6-16(2,3)4/h14,20H,5-13H2,1-4H3,(H,17,21). The van der Waals surface area contributed by atoms with Crippen LogP contribution in [-0.4, -0.2) is 72.7 Å². The molecule has 1 amide bonds. The van der Waals surface area contributed by atoms with Crippen molar-refractivity contribution in [3.8, 4) is 0 Å². The third-order valence-corrected chi connectivity index (χ3v) is 4.17. The van der Waals surface area contributed by atoms with E-state index in [0.717, 1.165) is 45.6 Å². The maximum absolute atomic E-state index is 11.9. The first kappa shape index (κ1) is 18.4. The first-order chi connectivity index (χ1) is 9.85. The molecule has 0 spiro atoms. The van der Waals surface area contributed by atoms with E-state index >= 15 is 0 Å². The van der Waals surface area contributed by atoms with Crippen LogP contribution in [0.15, 0.2) is 0 Å². The van der Waals surface area contributed by atoms with Gasteiger partial charge < -0.3 is 10.4 Å². The Kier molecular flexibility index (Phi) is 7.63. The van der Waals surface area contributed by atoms with Gasteiger partial charge in [0.15, 0.2) is 0 Å². The van der Waals surface area contributed by atoms with Crippen LogP contribution >= 0.6 is 0 Å². The van der Waals surface area contributed by atoms with E-state index in [1.165, 1.54) is 0 Å². The SMILES string of the molecule is CCC(CO)N1CCN(CC(=O)NCCC(C)(C)C)CC1. The molecule has 2 N–H and O–H groups in total. The Morgan fingerprint density at radius 3 is 2.33 bits per heavy atom. The third-order valence-electron chi connectivity index (χ3n) is 4.17. The van der Waals surface area contributed by atoms with Gasteiger partial charge in [0.05, 0.1) is 13.2 Å². The zero-order valence-electron chi connectivity index (χ0n) is 14.2. The Bertz CT molecular complexity index is 303. The van der Waals surface area contributed by atoms with Crippen LogP contribution in [0.2, 0.25) is 0 Å². The molecule has 1 heterocycles. The number of amides is 1. The number of carbonyl (C=O) groups is 1. The molecule has 1 unspecified atom stereocenters. The second-order valence-electron chi connectivity index (χ2n) is 7.22. The molecule has 5 nitrogen and oxygen atoms in total.